The van der Waals surface area contributed by atoms with Gasteiger partial charge in [-0.1, -0.05) is 98.6 Å². The first-order valence-corrected chi connectivity index (χ1v) is 21.5. The number of nitrogens with zero attached hydrogens (tertiary/aromatic N) is 3. The summed E-state index contributed by atoms with van der Waals surface area (Å²) in [6.45, 7) is 12.3. The zero-order valence-corrected chi connectivity index (χ0v) is 36.2. The summed E-state index contributed by atoms with van der Waals surface area (Å²) in [5, 5.41) is 18.4. The average Bonchev–Trinajstić information content (AvgIpc) is 3.50. The van der Waals surface area contributed by atoms with Crippen molar-refractivity contribution in [2.24, 2.45) is 0 Å². The third-order valence-corrected chi connectivity index (χ3v) is 10.4. The number of ether oxygens (including phenoxy) is 1. The molecule has 2 aliphatic carbocycles. The van der Waals surface area contributed by atoms with Crippen LogP contribution in [0.1, 0.15) is 93.9 Å². The van der Waals surface area contributed by atoms with Gasteiger partial charge in [-0.2, -0.15) is 0 Å². The van der Waals surface area contributed by atoms with Gasteiger partial charge in [0.05, 0.1) is 6.34 Å². The lowest BCUT2D eigenvalue weighted by molar-refractivity contribution is -0.107. The van der Waals surface area contributed by atoms with Crippen molar-refractivity contribution in [3.8, 4) is 12.8 Å². The molecule has 59 heavy (non-hydrogen) atoms. The number of carbonyl (C=O) groups is 2. The Morgan fingerprint density at radius 1 is 0.932 bits per heavy atom. The number of rotatable bonds is 14. The van der Waals surface area contributed by atoms with E-state index in [9.17, 15) is 9.59 Å². The number of anilines is 1. The van der Waals surface area contributed by atoms with E-state index < -0.39 is 0 Å². The van der Waals surface area contributed by atoms with Gasteiger partial charge in [0.15, 0.2) is 0 Å². The molecule has 1 saturated heterocycles. The van der Waals surface area contributed by atoms with Gasteiger partial charge in [-0.25, -0.2) is 4.79 Å². The second kappa shape index (κ2) is 30.8. The van der Waals surface area contributed by atoms with Gasteiger partial charge in [0.2, 0.25) is 6.41 Å². The Hall–Kier alpha value is -5.17. The fourth-order valence-electron chi connectivity index (χ4n) is 6.96. The highest BCUT2D eigenvalue weighted by molar-refractivity contribution is 6.30. The van der Waals surface area contributed by atoms with E-state index in [2.05, 4.69) is 55.1 Å². The number of benzene rings is 3. The summed E-state index contributed by atoms with van der Waals surface area (Å²) >= 11 is 6.00. The van der Waals surface area contributed by atoms with Crippen LogP contribution in [0.2, 0.25) is 5.02 Å². The zero-order valence-electron chi connectivity index (χ0n) is 35.4. The fraction of sp³-hybridized carbons (Fsp3) is 0.429. The molecule has 2 fully saturated rings. The van der Waals surface area contributed by atoms with E-state index >= 15 is 0 Å². The Bertz CT molecular complexity index is 1710. The third-order valence-electron chi connectivity index (χ3n) is 10.1. The van der Waals surface area contributed by atoms with Gasteiger partial charge in [0.25, 0.3) is 0 Å². The van der Waals surface area contributed by atoms with Crippen molar-refractivity contribution in [1.29, 1.82) is 10.8 Å². The molecule has 1 heterocycles. The average molecular weight is 824 g/mol. The first kappa shape index (κ1) is 50.0. The molecule has 9 nitrogen and oxygen atoms in total. The number of hydrogen-bond acceptors (Lipinski definition) is 6. The van der Waals surface area contributed by atoms with Crippen LogP contribution in [0.25, 0.3) is 0 Å². The second-order valence-corrected chi connectivity index (χ2v) is 14.6. The Morgan fingerprint density at radius 3 is 2.31 bits per heavy atom. The van der Waals surface area contributed by atoms with Gasteiger partial charge < -0.3 is 30.2 Å². The SMILES string of the molecule is C#C.C=CN(C=N)Cc1cccc(N(C=O)CCCc2ccccc2)c1.CC.N=CCCC1=CCc2ccc(Cl)cc2CC1.O=C(OC1CCCCC1)N1CCNCC1. The molecule has 2 amide bonds. The van der Waals surface area contributed by atoms with E-state index in [1.165, 1.54) is 54.1 Å². The lowest BCUT2D eigenvalue weighted by atomic mass is 9.98. The smallest absolute Gasteiger partial charge is 0.410 e. The highest BCUT2D eigenvalue weighted by atomic mass is 35.5. The van der Waals surface area contributed by atoms with Gasteiger partial charge in [-0.05, 0) is 130 Å². The molecule has 0 aromatic heterocycles. The molecule has 3 aliphatic rings. The van der Waals surface area contributed by atoms with E-state index in [0.29, 0.717) is 13.1 Å². The summed E-state index contributed by atoms with van der Waals surface area (Å²) in [5.41, 5.74) is 7.46. The number of halogens is 1. The molecule has 1 saturated carbocycles. The molecule has 3 N–H and O–H groups in total. The maximum absolute atomic E-state index is 11.7. The van der Waals surface area contributed by atoms with Crippen molar-refractivity contribution in [1.82, 2.24) is 15.1 Å². The van der Waals surface area contributed by atoms with Crippen molar-refractivity contribution in [2.75, 3.05) is 37.6 Å². The van der Waals surface area contributed by atoms with Crippen LogP contribution in [-0.2, 0) is 35.3 Å². The fourth-order valence-corrected chi connectivity index (χ4v) is 7.15. The molecule has 6 rings (SSSR count). The molecule has 3 aromatic carbocycles. The largest absolute Gasteiger partial charge is 0.446 e. The summed E-state index contributed by atoms with van der Waals surface area (Å²) in [4.78, 5) is 28.4. The molecule has 318 valence electrons. The molecule has 10 heteroatoms. The van der Waals surface area contributed by atoms with Gasteiger partial charge in [0.1, 0.15) is 6.10 Å². The van der Waals surface area contributed by atoms with E-state index in [-0.39, 0.29) is 12.2 Å². The molecule has 0 radical (unpaired) electrons. The number of aryl methyl sites for hydroxylation is 2. The summed E-state index contributed by atoms with van der Waals surface area (Å²) in [6, 6.07) is 24.3. The van der Waals surface area contributed by atoms with E-state index in [1.54, 1.807) is 16.0 Å². The minimum absolute atomic E-state index is 0.108. The topological polar surface area (TPSA) is 113 Å². The van der Waals surface area contributed by atoms with E-state index in [4.69, 9.17) is 27.2 Å². The Labute approximate surface area is 359 Å². The van der Waals surface area contributed by atoms with Crippen LogP contribution in [0.15, 0.2) is 97.2 Å². The van der Waals surface area contributed by atoms with Crippen LogP contribution < -0.4 is 10.2 Å². The van der Waals surface area contributed by atoms with Crippen LogP contribution >= 0.6 is 11.6 Å². The maximum Gasteiger partial charge on any atom is 0.410 e. The predicted octanol–water partition coefficient (Wildman–Crippen LogP) is 10.7. The number of nitrogens with one attached hydrogen (secondary N) is 3. The number of fused-ring (bicyclic) bond motifs is 1. The minimum atomic E-state index is -0.108. The van der Waals surface area contributed by atoms with Crippen molar-refractivity contribution in [3.05, 3.63) is 125 Å². The van der Waals surface area contributed by atoms with Crippen LogP contribution in [0.3, 0.4) is 0 Å². The van der Waals surface area contributed by atoms with E-state index in [1.807, 2.05) is 67.3 Å². The highest BCUT2D eigenvalue weighted by Crippen LogP contribution is 2.25. The minimum Gasteiger partial charge on any atom is -0.446 e. The van der Waals surface area contributed by atoms with Gasteiger partial charge in [-0.15, -0.1) is 12.8 Å². The Kier molecular flexibility index (Phi) is 26.1. The van der Waals surface area contributed by atoms with Crippen molar-refractivity contribution in [2.45, 2.75) is 104 Å². The van der Waals surface area contributed by atoms with E-state index in [0.717, 1.165) is 107 Å². The van der Waals surface area contributed by atoms with Gasteiger partial charge in [0, 0.05) is 50.0 Å². The standard InChI is InChI=1S/C20H23N3O.C14H16ClN.C11H20N2O2.C2H6.C2H2/c1-2-22(16-21)15-19-10-6-12-20(14-19)23(17-24)13-7-11-18-8-4-3-5-9-18;15-14-8-7-12-5-3-11(2-1-9-16)4-6-13(12)10-14;14-11(13-8-6-12-7-9-13)15-10-4-2-1-3-5-10;2*1-2/h2-6,8-10,12,14,16-17,21H,1,7,11,13,15H2;3,7-10,16H,1-2,4-6H2;10,12H,1-9H2;1-2H3;1-2H. The summed E-state index contributed by atoms with van der Waals surface area (Å²) < 4.78 is 5.49. The normalized spacial score (nSPS) is 14.3. The number of allylic oxidation sites excluding steroid dienone is 2. The van der Waals surface area contributed by atoms with Gasteiger partial charge >= 0.3 is 6.09 Å². The molecule has 1 aliphatic heterocycles. The monoisotopic (exact) mass is 822 g/mol. The molecule has 3 aromatic rings. The molecular formula is C49H67ClN6O3. The van der Waals surface area contributed by atoms with Crippen LogP contribution in [0.4, 0.5) is 10.5 Å². The van der Waals surface area contributed by atoms with Gasteiger partial charge in [-0.3, -0.25) is 10.2 Å². The molecule has 0 atom stereocenters. The number of terminal acetylenes is 1. The van der Waals surface area contributed by atoms with Crippen molar-refractivity contribution >= 4 is 42.3 Å². The summed E-state index contributed by atoms with van der Waals surface area (Å²) in [6.07, 6.45) is 28.4. The van der Waals surface area contributed by atoms with Crippen LogP contribution in [0.5, 0.6) is 0 Å². The zero-order chi connectivity index (χ0) is 43.1. The number of piperazine rings is 1. The highest BCUT2D eigenvalue weighted by Gasteiger charge is 2.23. The predicted molar refractivity (Wildman–Crippen MR) is 248 cm³/mol. The van der Waals surface area contributed by atoms with Crippen LogP contribution in [-0.4, -0.2) is 73.7 Å². The Balaban J connectivity index is 0.000000302. The number of carbonyl (C=O) groups excluding carboxylic acids is 2. The second-order valence-electron chi connectivity index (χ2n) is 14.1. The number of amides is 2. The molecular weight excluding hydrogens is 756 g/mol. The van der Waals surface area contributed by atoms with Crippen molar-refractivity contribution in [3.63, 3.8) is 0 Å². The first-order valence-electron chi connectivity index (χ1n) is 21.1. The summed E-state index contributed by atoms with van der Waals surface area (Å²) in [7, 11) is 0. The van der Waals surface area contributed by atoms with Crippen LogP contribution in [0, 0.1) is 23.7 Å². The lowest BCUT2D eigenvalue weighted by Crippen LogP contribution is -2.47. The first-order chi connectivity index (χ1) is 28.9. The maximum atomic E-state index is 11.7. The lowest BCUT2D eigenvalue weighted by Gasteiger charge is -2.29. The summed E-state index contributed by atoms with van der Waals surface area (Å²) in [5.74, 6) is 0. The molecule has 0 unspecified atom stereocenters. The molecule has 0 spiro atoms. The Morgan fingerprint density at radius 2 is 1.64 bits per heavy atom. The number of hydrogen-bond donors (Lipinski definition) is 3. The third kappa shape index (κ3) is 19.4. The molecule has 0 bridgehead atoms. The van der Waals surface area contributed by atoms with Crippen molar-refractivity contribution < 1.29 is 14.3 Å². The quantitative estimate of drug-likeness (QED) is 0.0493.